The lowest BCUT2D eigenvalue weighted by molar-refractivity contribution is 0.310. The van der Waals surface area contributed by atoms with Crippen molar-refractivity contribution >= 4 is 5.69 Å². The fourth-order valence-corrected chi connectivity index (χ4v) is 1.36. The highest BCUT2D eigenvalue weighted by Gasteiger charge is 2.12. The van der Waals surface area contributed by atoms with Crippen LogP contribution in [0.25, 0.3) is 0 Å². The first-order valence-corrected chi connectivity index (χ1v) is 4.64. The van der Waals surface area contributed by atoms with Crippen LogP contribution in [0.2, 0.25) is 0 Å². The first kappa shape index (κ1) is 8.35. The van der Waals surface area contributed by atoms with Gasteiger partial charge >= 0.3 is 0 Å². The van der Waals surface area contributed by atoms with E-state index in [-0.39, 0.29) is 0 Å². The van der Waals surface area contributed by atoms with Crippen LogP contribution in [-0.4, -0.2) is 18.1 Å². The van der Waals surface area contributed by atoms with E-state index in [2.05, 4.69) is 30.2 Å². The van der Waals surface area contributed by atoms with E-state index in [0.29, 0.717) is 12.5 Å². The van der Waals surface area contributed by atoms with Gasteiger partial charge in [0.1, 0.15) is 6.61 Å². The van der Waals surface area contributed by atoms with Gasteiger partial charge in [0.2, 0.25) is 5.88 Å². The topological polar surface area (TPSA) is 34.2 Å². The molecule has 3 heteroatoms. The van der Waals surface area contributed by atoms with E-state index in [1.165, 1.54) is 5.56 Å². The fourth-order valence-electron chi connectivity index (χ4n) is 1.36. The maximum absolute atomic E-state index is 5.38. The molecule has 70 valence electrons. The molecule has 1 aliphatic heterocycles. The lowest BCUT2D eigenvalue weighted by Crippen LogP contribution is -2.19. The number of aromatic nitrogens is 1. The summed E-state index contributed by atoms with van der Waals surface area (Å²) in [6.07, 6.45) is 1.89. The van der Waals surface area contributed by atoms with Crippen molar-refractivity contribution < 1.29 is 4.74 Å². The van der Waals surface area contributed by atoms with Crippen LogP contribution in [0.5, 0.6) is 5.88 Å². The zero-order chi connectivity index (χ0) is 9.26. The molecule has 13 heavy (non-hydrogen) atoms. The molecule has 3 nitrogen and oxygen atoms in total. The van der Waals surface area contributed by atoms with Crippen LogP contribution in [0.15, 0.2) is 12.3 Å². The molecule has 0 aromatic carbocycles. The van der Waals surface area contributed by atoms with Gasteiger partial charge in [0, 0.05) is 12.7 Å². The summed E-state index contributed by atoms with van der Waals surface area (Å²) in [5.41, 5.74) is 2.27. The minimum atomic E-state index is 0.515. The lowest BCUT2D eigenvalue weighted by Gasteiger charge is -2.19. The molecule has 0 bridgehead atoms. The van der Waals surface area contributed by atoms with E-state index in [4.69, 9.17) is 4.74 Å². The summed E-state index contributed by atoms with van der Waals surface area (Å²) in [7, 11) is 0. The first-order chi connectivity index (χ1) is 6.27. The molecule has 1 aliphatic rings. The fraction of sp³-hybridized carbons (Fsp3) is 0.500. The van der Waals surface area contributed by atoms with E-state index < -0.39 is 0 Å². The molecule has 0 spiro atoms. The summed E-state index contributed by atoms with van der Waals surface area (Å²) in [5, 5.41) is 3.27. The number of nitrogens with zero attached hydrogens (tertiary/aromatic N) is 1. The second-order valence-electron chi connectivity index (χ2n) is 3.55. The summed E-state index contributed by atoms with van der Waals surface area (Å²) >= 11 is 0. The van der Waals surface area contributed by atoms with E-state index in [1.54, 1.807) is 0 Å². The standard InChI is InChI=1S/C10H14N2O/c1-7(2)8-5-9-10(12-6-8)13-4-3-11-9/h5-7,11H,3-4H2,1-2H3. The van der Waals surface area contributed by atoms with Crippen molar-refractivity contribution in [3.05, 3.63) is 17.8 Å². The third kappa shape index (κ3) is 1.59. The molecule has 0 unspecified atom stereocenters. The van der Waals surface area contributed by atoms with Gasteiger partial charge in [-0.3, -0.25) is 0 Å². The molecule has 1 aromatic rings. The average molecular weight is 178 g/mol. The van der Waals surface area contributed by atoms with Crippen molar-refractivity contribution in [1.82, 2.24) is 4.98 Å². The third-order valence-corrected chi connectivity index (χ3v) is 2.20. The van der Waals surface area contributed by atoms with Crippen LogP contribution in [-0.2, 0) is 0 Å². The molecule has 1 aromatic heterocycles. The van der Waals surface area contributed by atoms with Gasteiger partial charge in [0.15, 0.2) is 0 Å². The van der Waals surface area contributed by atoms with Crippen molar-refractivity contribution in [2.24, 2.45) is 0 Å². The molecular weight excluding hydrogens is 164 g/mol. The molecule has 0 saturated heterocycles. The Kier molecular flexibility index (Phi) is 2.08. The summed E-state index contributed by atoms with van der Waals surface area (Å²) in [6, 6.07) is 2.12. The number of rotatable bonds is 1. The van der Waals surface area contributed by atoms with Gasteiger partial charge in [0.25, 0.3) is 0 Å². The van der Waals surface area contributed by atoms with Crippen LogP contribution in [0.4, 0.5) is 5.69 Å². The number of pyridine rings is 1. The highest BCUT2D eigenvalue weighted by Crippen LogP contribution is 2.27. The Morgan fingerprint density at radius 1 is 1.54 bits per heavy atom. The minimum absolute atomic E-state index is 0.515. The second-order valence-corrected chi connectivity index (χ2v) is 3.55. The molecule has 2 rings (SSSR count). The van der Waals surface area contributed by atoms with Crippen LogP contribution < -0.4 is 10.1 Å². The maximum Gasteiger partial charge on any atom is 0.237 e. The molecule has 0 aliphatic carbocycles. The van der Waals surface area contributed by atoms with Gasteiger partial charge < -0.3 is 10.1 Å². The Labute approximate surface area is 78.1 Å². The predicted octanol–water partition coefficient (Wildman–Crippen LogP) is 2.01. The molecule has 0 atom stereocenters. The predicted molar refractivity (Wildman–Crippen MR) is 52.3 cm³/mol. The molecule has 0 fully saturated rings. The van der Waals surface area contributed by atoms with Gasteiger partial charge in [-0.1, -0.05) is 13.8 Å². The zero-order valence-electron chi connectivity index (χ0n) is 8.00. The molecule has 0 amide bonds. The number of nitrogens with one attached hydrogen (secondary N) is 1. The Bertz CT molecular complexity index is 310. The van der Waals surface area contributed by atoms with Crippen molar-refractivity contribution in [1.29, 1.82) is 0 Å². The Balaban J connectivity index is 2.35. The Morgan fingerprint density at radius 3 is 3.15 bits per heavy atom. The third-order valence-electron chi connectivity index (χ3n) is 2.20. The number of hydrogen-bond donors (Lipinski definition) is 1. The van der Waals surface area contributed by atoms with Gasteiger partial charge in [-0.2, -0.15) is 0 Å². The van der Waals surface area contributed by atoms with Gasteiger partial charge in [-0.05, 0) is 17.5 Å². The van der Waals surface area contributed by atoms with Crippen molar-refractivity contribution in [2.75, 3.05) is 18.5 Å². The van der Waals surface area contributed by atoms with E-state index >= 15 is 0 Å². The summed E-state index contributed by atoms with van der Waals surface area (Å²) < 4.78 is 5.38. The second kappa shape index (κ2) is 3.24. The highest BCUT2D eigenvalue weighted by atomic mass is 16.5. The molecular formula is C10H14N2O. The van der Waals surface area contributed by atoms with Gasteiger partial charge in [0.05, 0.1) is 5.69 Å². The maximum atomic E-state index is 5.38. The Hall–Kier alpha value is -1.25. The number of hydrogen-bond acceptors (Lipinski definition) is 3. The normalized spacial score (nSPS) is 14.7. The van der Waals surface area contributed by atoms with E-state index in [0.717, 1.165) is 18.1 Å². The number of fused-ring (bicyclic) bond motifs is 1. The first-order valence-electron chi connectivity index (χ1n) is 4.64. The minimum Gasteiger partial charge on any atom is -0.474 e. The summed E-state index contributed by atoms with van der Waals surface area (Å²) in [6.45, 7) is 5.90. The highest BCUT2D eigenvalue weighted by molar-refractivity contribution is 5.55. The quantitative estimate of drug-likeness (QED) is 0.714. The van der Waals surface area contributed by atoms with Crippen LogP contribution in [0.3, 0.4) is 0 Å². The molecule has 0 radical (unpaired) electrons. The number of anilines is 1. The summed E-state index contributed by atoms with van der Waals surface area (Å²) in [5.74, 6) is 1.25. The van der Waals surface area contributed by atoms with Crippen molar-refractivity contribution in [2.45, 2.75) is 19.8 Å². The van der Waals surface area contributed by atoms with Gasteiger partial charge in [-0.15, -0.1) is 0 Å². The monoisotopic (exact) mass is 178 g/mol. The van der Waals surface area contributed by atoms with Crippen LogP contribution >= 0.6 is 0 Å². The molecule has 1 N–H and O–H groups in total. The lowest BCUT2D eigenvalue weighted by atomic mass is 10.1. The Morgan fingerprint density at radius 2 is 2.38 bits per heavy atom. The molecule has 0 saturated carbocycles. The molecule has 2 heterocycles. The summed E-state index contributed by atoms with van der Waals surface area (Å²) in [4.78, 5) is 4.26. The van der Waals surface area contributed by atoms with Gasteiger partial charge in [-0.25, -0.2) is 4.98 Å². The van der Waals surface area contributed by atoms with Crippen LogP contribution in [0, 0.1) is 0 Å². The SMILES string of the molecule is CC(C)c1cnc2c(c1)NCCO2. The van der Waals surface area contributed by atoms with Crippen LogP contribution in [0.1, 0.15) is 25.3 Å². The van der Waals surface area contributed by atoms with Crippen molar-refractivity contribution in [3.63, 3.8) is 0 Å². The average Bonchev–Trinajstić information content (AvgIpc) is 2.17. The van der Waals surface area contributed by atoms with E-state index in [9.17, 15) is 0 Å². The van der Waals surface area contributed by atoms with Crippen molar-refractivity contribution in [3.8, 4) is 5.88 Å². The zero-order valence-corrected chi connectivity index (χ0v) is 8.00. The largest absolute Gasteiger partial charge is 0.474 e. The number of ether oxygens (including phenoxy) is 1. The smallest absolute Gasteiger partial charge is 0.237 e. The van der Waals surface area contributed by atoms with E-state index in [1.807, 2.05) is 6.20 Å².